The topological polar surface area (TPSA) is 66.4 Å². The lowest BCUT2D eigenvalue weighted by Gasteiger charge is -2.21. The van der Waals surface area contributed by atoms with Crippen molar-refractivity contribution in [2.75, 3.05) is 0 Å². The Morgan fingerprint density at radius 2 is 1.95 bits per heavy atom. The first-order valence-corrected chi connectivity index (χ1v) is 8.25. The van der Waals surface area contributed by atoms with Crippen molar-refractivity contribution in [3.63, 3.8) is 0 Å². The fourth-order valence-corrected chi connectivity index (χ4v) is 3.72. The zero-order valence-corrected chi connectivity index (χ0v) is 12.8. The predicted molar refractivity (Wildman–Crippen MR) is 83.7 cm³/mol. The molecule has 2 aliphatic rings. The highest BCUT2D eigenvalue weighted by Crippen LogP contribution is 2.44. The highest BCUT2D eigenvalue weighted by molar-refractivity contribution is 5.88. The first-order chi connectivity index (χ1) is 10.6. The smallest absolute Gasteiger partial charge is 0.335 e. The molecule has 4 heteroatoms. The minimum absolute atomic E-state index is 0.00542. The quantitative estimate of drug-likeness (QED) is 0.878. The lowest BCUT2D eigenvalue weighted by Crippen LogP contribution is -2.29. The van der Waals surface area contributed by atoms with Crippen LogP contribution in [0, 0.1) is 11.8 Å². The van der Waals surface area contributed by atoms with Crippen LogP contribution in [0.2, 0.25) is 0 Å². The Labute approximate surface area is 130 Å². The molecule has 118 valence electrons. The molecule has 0 saturated heterocycles. The van der Waals surface area contributed by atoms with E-state index in [1.807, 2.05) is 0 Å². The van der Waals surface area contributed by atoms with Gasteiger partial charge in [0.15, 0.2) is 0 Å². The van der Waals surface area contributed by atoms with Gasteiger partial charge in [0.05, 0.1) is 12.0 Å². The van der Waals surface area contributed by atoms with Crippen molar-refractivity contribution < 1.29 is 14.7 Å². The van der Waals surface area contributed by atoms with Gasteiger partial charge in [-0.2, -0.15) is 0 Å². The summed E-state index contributed by atoms with van der Waals surface area (Å²) < 4.78 is 0. The number of rotatable bonds is 5. The van der Waals surface area contributed by atoms with Gasteiger partial charge >= 0.3 is 5.97 Å². The summed E-state index contributed by atoms with van der Waals surface area (Å²) in [5.74, 6) is 0.525. The van der Waals surface area contributed by atoms with E-state index in [4.69, 9.17) is 5.11 Å². The molecule has 2 unspecified atom stereocenters. The van der Waals surface area contributed by atoms with E-state index in [0.29, 0.717) is 12.0 Å². The highest BCUT2D eigenvalue weighted by Gasteiger charge is 2.43. The number of benzene rings is 1. The van der Waals surface area contributed by atoms with Gasteiger partial charge in [-0.15, -0.1) is 0 Å². The molecule has 1 amide bonds. The van der Waals surface area contributed by atoms with Crippen molar-refractivity contribution in [3.8, 4) is 0 Å². The number of carbonyl (C=O) groups excluding carboxylic acids is 1. The second kappa shape index (κ2) is 6.51. The zero-order chi connectivity index (χ0) is 15.5. The number of hydrogen-bond donors (Lipinski definition) is 2. The summed E-state index contributed by atoms with van der Waals surface area (Å²) in [6.45, 7) is 0. The molecule has 2 saturated carbocycles. The number of carboxylic acids is 1. The minimum Gasteiger partial charge on any atom is -0.478 e. The molecule has 0 bridgehead atoms. The Morgan fingerprint density at radius 1 is 1.18 bits per heavy atom. The maximum absolute atomic E-state index is 12.1. The van der Waals surface area contributed by atoms with Crippen LogP contribution in [0.15, 0.2) is 24.3 Å². The van der Waals surface area contributed by atoms with Gasteiger partial charge < -0.3 is 10.4 Å². The standard InChI is InChI=1S/C18H23NO3/c20-17(10-12-5-4-8-14(9-12)18(21)22)19-16-11-15(16)13-6-2-1-3-7-13/h4-5,8-9,13,15-16H,1-3,6-7,10-11H2,(H,19,20)(H,21,22). The van der Waals surface area contributed by atoms with Crippen LogP contribution in [0.3, 0.4) is 0 Å². The number of amides is 1. The van der Waals surface area contributed by atoms with Gasteiger partial charge in [-0.1, -0.05) is 44.2 Å². The molecule has 2 fully saturated rings. The molecule has 0 radical (unpaired) electrons. The van der Waals surface area contributed by atoms with Crippen LogP contribution >= 0.6 is 0 Å². The lowest BCUT2D eigenvalue weighted by atomic mass is 9.85. The van der Waals surface area contributed by atoms with E-state index in [-0.39, 0.29) is 17.9 Å². The van der Waals surface area contributed by atoms with Crippen molar-refractivity contribution in [2.45, 2.75) is 51.0 Å². The molecule has 0 aromatic heterocycles. The van der Waals surface area contributed by atoms with Crippen molar-refractivity contribution in [1.82, 2.24) is 5.32 Å². The van der Waals surface area contributed by atoms with E-state index in [2.05, 4.69) is 5.32 Å². The summed E-state index contributed by atoms with van der Waals surface area (Å²) in [6.07, 6.45) is 8.05. The molecule has 0 aliphatic heterocycles. The number of carboxylic acid groups (broad SMARTS) is 1. The van der Waals surface area contributed by atoms with Gasteiger partial charge in [-0.25, -0.2) is 4.79 Å². The van der Waals surface area contributed by atoms with Gasteiger partial charge in [0.2, 0.25) is 5.91 Å². The first kappa shape index (κ1) is 15.1. The third kappa shape index (κ3) is 3.67. The molecular formula is C18H23NO3. The second-order valence-corrected chi connectivity index (χ2v) is 6.65. The first-order valence-electron chi connectivity index (χ1n) is 8.25. The Bertz CT molecular complexity index is 563. The summed E-state index contributed by atoms with van der Waals surface area (Å²) in [6, 6.07) is 6.96. The SMILES string of the molecule is O=C(Cc1cccc(C(=O)O)c1)NC1CC1C1CCCCC1. The summed E-state index contributed by atoms with van der Waals surface area (Å²) in [5.41, 5.74) is 0.990. The van der Waals surface area contributed by atoms with Crippen molar-refractivity contribution >= 4 is 11.9 Å². The molecule has 22 heavy (non-hydrogen) atoms. The van der Waals surface area contributed by atoms with Gasteiger partial charge in [-0.3, -0.25) is 4.79 Å². The predicted octanol–water partition coefficient (Wildman–Crippen LogP) is 3.01. The minimum atomic E-state index is -0.957. The second-order valence-electron chi connectivity index (χ2n) is 6.65. The number of aromatic carboxylic acids is 1. The van der Waals surface area contributed by atoms with E-state index < -0.39 is 5.97 Å². The maximum Gasteiger partial charge on any atom is 0.335 e. The van der Waals surface area contributed by atoms with Gasteiger partial charge in [0.25, 0.3) is 0 Å². The molecule has 2 N–H and O–H groups in total. The Balaban J connectivity index is 1.49. The molecule has 2 aliphatic carbocycles. The van der Waals surface area contributed by atoms with Gasteiger partial charge in [0.1, 0.15) is 0 Å². The normalized spacial score (nSPS) is 24.7. The maximum atomic E-state index is 12.1. The molecular weight excluding hydrogens is 278 g/mol. The van der Waals surface area contributed by atoms with E-state index >= 15 is 0 Å². The van der Waals surface area contributed by atoms with E-state index in [1.165, 1.54) is 32.1 Å². The molecule has 4 nitrogen and oxygen atoms in total. The number of carbonyl (C=O) groups is 2. The monoisotopic (exact) mass is 301 g/mol. The van der Waals surface area contributed by atoms with Gasteiger partial charge in [-0.05, 0) is 36.0 Å². The van der Waals surface area contributed by atoms with Crippen molar-refractivity contribution in [3.05, 3.63) is 35.4 Å². The Hall–Kier alpha value is -1.84. The summed E-state index contributed by atoms with van der Waals surface area (Å²) in [7, 11) is 0. The molecule has 2 atom stereocenters. The average molecular weight is 301 g/mol. The average Bonchev–Trinajstić information content (AvgIpc) is 3.27. The lowest BCUT2D eigenvalue weighted by molar-refractivity contribution is -0.120. The number of nitrogens with one attached hydrogen (secondary N) is 1. The van der Waals surface area contributed by atoms with Crippen LogP contribution in [0.5, 0.6) is 0 Å². The molecule has 1 aromatic rings. The van der Waals surface area contributed by atoms with Crippen molar-refractivity contribution in [1.29, 1.82) is 0 Å². The summed E-state index contributed by atoms with van der Waals surface area (Å²) in [5, 5.41) is 12.1. The Morgan fingerprint density at radius 3 is 2.68 bits per heavy atom. The molecule has 0 heterocycles. The summed E-state index contributed by atoms with van der Waals surface area (Å²) >= 11 is 0. The highest BCUT2D eigenvalue weighted by atomic mass is 16.4. The largest absolute Gasteiger partial charge is 0.478 e. The fraction of sp³-hybridized carbons (Fsp3) is 0.556. The van der Waals surface area contributed by atoms with E-state index in [9.17, 15) is 9.59 Å². The molecule has 0 spiro atoms. The van der Waals surface area contributed by atoms with Gasteiger partial charge in [0, 0.05) is 6.04 Å². The third-order valence-corrected chi connectivity index (χ3v) is 4.98. The van der Waals surface area contributed by atoms with Crippen LogP contribution in [0.1, 0.15) is 54.4 Å². The van der Waals surface area contributed by atoms with E-state index in [1.54, 1.807) is 24.3 Å². The molecule has 3 rings (SSSR count). The van der Waals surface area contributed by atoms with Crippen LogP contribution in [-0.4, -0.2) is 23.0 Å². The fourth-order valence-electron chi connectivity index (χ4n) is 3.72. The van der Waals surface area contributed by atoms with Crippen LogP contribution in [0.25, 0.3) is 0 Å². The van der Waals surface area contributed by atoms with Crippen LogP contribution in [-0.2, 0) is 11.2 Å². The van der Waals surface area contributed by atoms with Crippen molar-refractivity contribution in [2.24, 2.45) is 11.8 Å². The van der Waals surface area contributed by atoms with Crippen LogP contribution in [0.4, 0.5) is 0 Å². The van der Waals surface area contributed by atoms with Crippen LogP contribution < -0.4 is 5.32 Å². The summed E-state index contributed by atoms with van der Waals surface area (Å²) in [4.78, 5) is 23.1. The molecule has 1 aromatic carbocycles. The zero-order valence-electron chi connectivity index (χ0n) is 12.8. The Kier molecular flexibility index (Phi) is 4.46. The third-order valence-electron chi connectivity index (χ3n) is 4.98. The number of hydrogen-bond acceptors (Lipinski definition) is 2. The van der Waals surface area contributed by atoms with E-state index in [0.717, 1.165) is 17.9 Å².